The summed E-state index contributed by atoms with van der Waals surface area (Å²) in [6.07, 6.45) is 1.85. The molecule has 0 N–H and O–H groups in total. The number of nitrogens with zero attached hydrogens (tertiary/aromatic N) is 8. The van der Waals surface area contributed by atoms with Crippen LogP contribution < -0.4 is 9.47 Å². The van der Waals surface area contributed by atoms with Crippen molar-refractivity contribution in [2.75, 3.05) is 26.4 Å². The third-order valence-electron chi connectivity index (χ3n) is 7.32. The predicted molar refractivity (Wildman–Crippen MR) is 157 cm³/mol. The summed E-state index contributed by atoms with van der Waals surface area (Å²) in [5.41, 5.74) is 5.67. The summed E-state index contributed by atoms with van der Waals surface area (Å²) in [4.78, 5) is 16.1. The zero-order chi connectivity index (χ0) is 30.6. The number of hydrogen-bond donors (Lipinski definition) is 0. The molecule has 0 unspecified atom stereocenters. The molecule has 228 valence electrons. The van der Waals surface area contributed by atoms with Crippen LogP contribution in [0.2, 0.25) is 0 Å². The molecule has 13 heteroatoms. The molecule has 2 aromatic carbocycles. The van der Waals surface area contributed by atoms with Gasteiger partial charge in [0.05, 0.1) is 40.5 Å². The van der Waals surface area contributed by atoms with E-state index in [0.717, 1.165) is 44.9 Å². The molecule has 1 aliphatic rings. The van der Waals surface area contributed by atoms with Gasteiger partial charge in [-0.3, -0.25) is 4.79 Å². The van der Waals surface area contributed by atoms with Gasteiger partial charge in [0.15, 0.2) is 5.78 Å². The maximum absolute atomic E-state index is 13.3. The number of ether oxygens (including phenoxy) is 4. The number of ketones is 1. The van der Waals surface area contributed by atoms with Crippen LogP contribution in [0, 0.1) is 27.7 Å². The maximum Gasteiger partial charge on any atom is 0.229 e. The molecule has 2 aromatic heterocycles. The van der Waals surface area contributed by atoms with Crippen LogP contribution in [0.5, 0.6) is 11.5 Å². The first kappa shape index (κ1) is 30.2. The van der Waals surface area contributed by atoms with Gasteiger partial charge in [-0.15, -0.1) is 20.4 Å². The van der Waals surface area contributed by atoms with E-state index < -0.39 is 5.79 Å². The summed E-state index contributed by atoms with van der Waals surface area (Å²) in [6, 6.07) is 7.94. The third-order valence-corrected chi connectivity index (χ3v) is 7.32. The topological polar surface area (TPSA) is 141 Å². The molecule has 43 heavy (non-hydrogen) atoms. The minimum atomic E-state index is -1.23. The number of rotatable bonds is 13. The second kappa shape index (κ2) is 13.0. The Morgan fingerprint density at radius 1 is 0.767 bits per heavy atom. The average molecular weight is 591 g/mol. The molecule has 1 saturated heterocycles. The highest BCUT2D eigenvalue weighted by molar-refractivity contribution is 5.86. The van der Waals surface area contributed by atoms with Crippen LogP contribution in [-0.2, 0) is 28.4 Å². The van der Waals surface area contributed by atoms with Crippen molar-refractivity contribution in [3.63, 3.8) is 0 Å². The number of carbonyl (C=O) groups is 1. The highest BCUT2D eigenvalue weighted by Crippen LogP contribution is 2.32. The zero-order valence-corrected chi connectivity index (χ0v) is 25.6. The van der Waals surface area contributed by atoms with Gasteiger partial charge in [0, 0.05) is 24.0 Å². The van der Waals surface area contributed by atoms with Crippen LogP contribution in [0.4, 0.5) is 0 Å². The first-order valence-corrected chi connectivity index (χ1v) is 14.4. The van der Waals surface area contributed by atoms with E-state index >= 15 is 0 Å². The molecule has 4 aromatic rings. The second-order valence-electron chi connectivity index (χ2n) is 10.9. The highest BCUT2D eigenvalue weighted by atomic mass is 16.7. The first-order chi connectivity index (χ1) is 20.6. The van der Waals surface area contributed by atoms with Crippen molar-refractivity contribution in [2.24, 2.45) is 14.1 Å². The third kappa shape index (κ3) is 6.89. The van der Waals surface area contributed by atoms with Gasteiger partial charge < -0.3 is 18.9 Å². The lowest BCUT2D eigenvalue weighted by atomic mass is 10.0. The molecule has 0 bridgehead atoms. The Balaban J connectivity index is 1.11. The quantitative estimate of drug-likeness (QED) is 0.211. The molecule has 0 amide bonds. The van der Waals surface area contributed by atoms with Crippen LogP contribution in [0.25, 0.3) is 22.8 Å². The van der Waals surface area contributed by atoms with Gasteiger partial charge in [-0.25, -0.2) is 0 Å². The molecule has 13 nitrogen and oxygen atoms in total. The molecule has 0 radical (unpaired) electrons. The van der Waals surface area contributed by atoms with Gasteiger partial charge in [-0.1, -0.05) is 0 Å². The normalized spacial score (nSPS) is 14.3. The van der Waals surface area contributed by atoms with Gasteiger partial charge in [0.25, 0.3) is 0 Å². The first-order valence-electron chi connectivity index (χ1n) is 14.4. The molecule has 0 aliphatic carbocycles. The van der Waals surface area contributed by atoms with E-state index in [-0.39, 0.29) is 12.2 Å². The van der Waals surface area contributed by atoms with Crippen LogP contribution >= 0.6 is 0 Å². The van der Waals surface area contributed by atoms with E-state index in [2.05, 4.69) is 30.8 Å². The summed E-state index contributed by atoms with van der Waals surface area (Å²) in [5, 5.41) is 24.5. The van der Waals surface area contributed by atoms with Gasteiger partial charge in [-0.05, 0) is 97.5 Å². The van der Waals surface area contributed by atoms with Gasteiger partial charge in [-0.2, -0.15) is 9.59 Å². The molecule has 5 rings (SSSR count). The van der Waals surface area contributed by atoms with E-state index in [9.17, 15) is 4.79 Å². The number of aryl methyl sites for hydroxylation is 6. The average Bonchev–Trinajstić information content (AvgIpc) is 3.73. The summed E-state index contributed by atoms with van der Waals surface area (Å²) in [7, 11) is 3.47. The fourth-order valence-electron chi connectivity index (χ4n) is 5.39. The number of hydrogen-bond acceptors (Lipinski definition) is 11. The van der Waals surface area contributed by atoms with Gasteiger partial charge in [0.2, 0.25) is 17.4 Å². The summed E-state index contributed by atoms with van der Waals surface area (Å²) in [5.74, 6) is 1.45. The molecular weight excluding hydrogens is 552 g/mol. The Morgan fingerprint density at radius 2 is 1.21 bits per heavy atom. The van der Waals surface area contributed by atoms with Crippen molar-refractivity contribution < 1.29 is 23.7 Å². The van der Waals surface area contributed by atoms with E-state index in [1.165, 1.54) is 9.59 Å². The number of carbonyl (C=O) groups excluding carboxylic acids is 1. The smallest absolute Gasteiger partial charge is 0.229 e. The van der Waals surface area contributed by atoms with E-state index in [0.29, 0.717) is 57.3 Å². The summed E-state index contributed by atoms with van der Waals surface area (Å²) in [6.45, 7) is 9.56. The minimum Gasteiger partial charge on any atom is -0.493 e. The van der Waals surface area contributed by atoms with Crippen molar-refractivity contribution in [2.45, 2.75) is 59.2 Å². The second-order valence-corrected chi connectivity index (χ2v) is 10.9. The number of Topliss-reactive ketones (excluding diaryl/α,β-unsaturated/α-hetero) is 1. The number of tetrazole rings is 2. The summed E-state index contributed by atoms with van der Waals surface area (Å²) >= 11 is 0. The summed E-state index contributed by atoms with van der Waals surface area (Å²) < 4.78 is 24.0. The number of benzene rings is 2. The molecule has 1 aliphatic heterocycles. The molecule has 3 heterocycles. The van der Waals surface area contributed by atoms with E-state index in [4.69, 9.17) is 18.9 Å². The molecule has 1 fully saturated rings. The maximum atomic E-state index is 13.3. The Hall–Kier alpha value is -4.23. The lowest BCUT2D eigenvalue weighted by Gasteiger charge is -2.26. The van der Waals surface area contributed by atoms with Crippen LogP contribution in [-0.4, -0.2) is 78.4 Å². The van der Waals surface area contributed by atoms with Gasteiger partial charge >= 0.3 is 0 Å². The van der Waals surface area contributed by atoms with Crippen molar-refractivity contribution in [1.29, 1.82) is 0 Å². The predicted octanol–water partition coefficient (Wildman–Crippen LogP) is 3.63. The molecule has 0 atom stereocenters. The fourth-order valence-corrected chi connectivity index (χ4v) is 5.39. The highest BCUT2D eigenvalue weighted by Gasteiger charge is 2.43. The van der Waals surface area contributed by atoms with Crippen LogP contribution in [0.1, 0.15) is 47.9 Å². The molecule has 0 spiro atoms. The standard InChI is InChI=1S/C30H38N8O5/c1-19-15-23(28-31-35-37(5)33-28)16-20(2)26(19)40-11-7-9-25(39)30(42-13-14-43-30)10-8-12-41-27-21(3)17-24(18-22(27)4)29-32-36-38(6)34-29/h15-18H,7-14H2,1-6H3. The molecular formula is C30H38N8O5. The lowest BCUT2D eigenvalue weighted by Crippen LogP contribution is -2.40. The monoisotopic (exact) mass is 590 g/mol. The van der Waals surface area contributed by atoms with Crippen molar-refractivity contribution in [3.05, 3.63) is 46.5 Å². The van der Waals surface area contributed by atoms with Gasteiger partial charge in [0.1, 0.15) is 11.5 Å². The molecule has 0 saturated carbocycles. The lowest BCUT2D eigenvalue weighted by molar-refractivity contribution is -0.183. The van der Waals surface area contributed by atoms with Crippen molar-refractivity contribution in [3.8, 4) is 34.3 Å². The Kier molecular flexibility index (Phi) is 9.11. The SMILES string of the molecule is Cc1cc(-c2nnn(C)n2)cc(C)c1OCCCC(=O)C1(CCCOc2c(C)cc(-c3nnn(C)n3)cc2C)OCCO1. The zero-order valence-electron chi connectivity index (χ0n) is 25.6. The van der Waals surface area contributed by atoms with E-state index in [1.54, 1.807) is 14.1 Å². The van der Waals surface area contributed by atoms with Crippen molar-refractivity contribution >= 4 is 5.78 Å². The largest absolute Gasteiger partial charge is 0.493 e. The Labute approximate surface area is 250 Å². The minimum absolute atomic E-state index is 0.0701. The number of aromatic nitrogens is 8. The van der Waals surface area contributed by atoms with Crippen molar-refractivity contribution in [1.82, 2.24) is 40.4 Å². The Morgan fingerprint density at radius 3 is 1.63 bits per heavy atom. The van der Waals surface area contributed by atoms with Crippen LogP contribution in [0.3, 0.4) is 0 Å². The van der Waals surface area contributed by atoms with Crippen LogP contribution in [0.15, 0.2) is 24.3 Å². The Bertz CT molecular complexity index is 1540. The fraction of sp³-hybridized carbons (Fsp3) is 0.500. The van der Waals surface area contributed by atoms with E-state index in [1.807, 2.05) is 52.0 Å².